The van der Waals surface area contributed by atoms with Gasteiger partial charge in [0.1, 0.15) is 22.5 Å². The zero-order valence-corrected chi connectivity index (χ0v) is 15.4. The lowest BCUT2D eigenvalue weighted by Crippen LogP contribution is -2.29. The van der Waals surface area contributed by atoms with Gasteiger partial charge in [-0.1, -0.05) is 6.42 Å². The van der Waals surface area contributed by atoms with Crippen molar-refractivity contribution in [2.45, 2.75) is 25.8 Å². The van der Waals surface area contributed by atoms with E-state index < -0.39 is 0 Å². The fourth-order valence-corrected chi connectivity index (χ4v) is 4.03. The van der Waals surface area contributed by atoms with Crippen LogP contribution in [-0.4, -0.2) is 28.1 Å². The van der Waals surface area contributed by atoms with Crippen LogP contribution in [0.5, 0.6) is 5.75 Å². The van der Waals surface area contributed by atoms with Crippen LogP contribution in [0, 0.1) is 0 Å². The summed E-state index contributed by atoms with van der Waals surface area (Å²) >= 11 is 0. The van der Waals surface area contributed by atoms with Crippen LogP contribution in [0.15, 0.2) is 56.6 Å². The Balaban J connectivity index is 1.78. The zero-order chi connectivity index (χ0) is 19.1. The molecule has 1 aliphatic heterocycles. The Kier molecular flexibility index (Phi) is 4.13. The number of pyridine rings is 1. The molecular formula is C22H20N2O4. The number of benzene rings is 1. The first kappa shape index (κ1) is 17.0. The number of rotatable bonds is 3. The average molecular weight is 376 g/mol. The minimum Gasteiger partial charge on any atom is -0.506 e. The Morgan fingerprint density at radius 2 is 2.00 bits per heavy atom. The summed E-state index contributed by atoms with van der Waals surface area (Å²) in [6.45, 7) is 2.61. The van der Waals surface area contributed by atoms with Crippen LogP contribution in [0.25, 0.3) is 33.3 Å². The van der Waals surface area contributed by atoms with E-state index in [1.165, 1.54) is 18.8 Å². The molecule has 0 spiro atoms. The molecular weight excluding hydrogens is 356 g/mol. The first-order valence-electron chi connectivity index (χ1n) is 9.54. The molecule has 1 aromatic carbocycles. The molecule has 1 saturated heterocycles. The van der Waals surface area contributed by atoms with Gasteiger partial charge in [-0.25, -0.2) is 0 Å². The predicted octanol–water partition coefficient (Wildman–Crippen LogP) is 4.29. The molecule has 0 bridgehead atoms. The summed E-state index contributed by atoms with van der Waals surface area (Å²) in [7, 11) is 0. The van der Waals surface area contributed by atoms with Crippen molar-refractivity contribution in [3.63, 3.8) is 0 Å². The maximum absolute atomic E-state index is 12.9. The molecule has 28 heavy (non-hydrogen) atoms. The van der Waals surface area contributed by atoms with E-state index in [2.05, 4.69) is 9.88 Å². The van der Waals surface area contributed by atoms with Crippen LogP contribution in [-0.2, 0) is 6.54 Å². The van der Waals surface area contributed by atoms with Crippen molar-refractivity contribution in [2.24, 2.45) is 0 Å². The number of hydrogen-bond acceptors (Lipinski definition) is 6. The van der Waals surface area contributed by atoms with Gasteiger partial charge in [0.25, 0.3) is 0 Å². The fraction of sp³-hybridized carbons (Fsp3) is 0.273. The lowest BCUT2D eigenvalue weighted by molar-refractivity contribution is 0.221. The molecule has 6 heteroatoms. The van der Waals surface area contributed by atoms with Crippen molar-refractivity contribution in [1.82, 2.24) is 9.88 Å². The van der Waals surface area contributed by atoms with Gasteiger partial charge < -0.3 is 13.9 Å². The number of furan rings is 1. The molecule has 1 aliphatic rings. The number of nitrogens with zero attached hydrogens (tertiary/aromatic N) is 2. The second kappa shape index (κ2) is 6.80. The molecule has 0 unspecified atom stereocenters. The van der Waals surface area contributed by atoms with Crippen LogP contribution in [0.4, 0.5) is 0 Å². The van der Waals surface area contributed by atoms with Gasteiger partial charge in [0.15, 0.2) is 11.0 Å². The summed E-state index contributed by atoms with van der Waals surface area (Å²) in [6.07, 6.45) is 8.41. The van der Waals surface area contributed by atoms with E-state index in [1.807, 2.05) is 6.07 Å². The van der Waals surface area contributed by atoms with Crippen LogP contribution < -0.4 is 5.43 Å². The Bertz CT molecular complexity index is 1200. The Morgan fingerprint density at radius 1 is 1.14 bits per heavy atom. The minimum atomic E-state index is -0.277. The molecule has 5 rings (SSSR count). The molecule has 4 heterocycles. The number of piperidine rings is 1. The van der Waals surface area contributed by atoms with E-state index in [4.69, 9.17) is 8.83 Å². The molecule has 0 amide bonds. The van der Waals surface area contributed by atoms with Crippen molar-refractivity contribution in [1.29, 1.82) is 0 Å². The molecule has 6 nitrogen and oxygen atoms in total. The summed E-state index contributed by atoms with van der Waals surface area (Å²) in [6, 6.07) is 6.74. The first-order chi connectivity index (χ1) is 13.7. The Hall–Kier alpha value is -3.12. The highest BCUT2D eigenvalue weighted by atomic mass is 16.3. The van der Waals surface area contributed by atoms with Gasteiger partial charge in [0.2, 0.25) is 0 Å². The maximum atomic E-state index is 12.9. The molecule has 0 saturated carbocycles. The van der Waals surface area contributed by atoms with Crippen molar-refractivity contribution in [3.8, 4) is 17.1 Å². The summed E-state index contributed by atoms with van der Waals surface area (Å²) in [5.41, 5.74) is 2.20. The zero-order valence-electron chi connectivity index (χ0n) is 15.4. The van der Waals surface area contributed by atoms with Gasteiger partial charge >= 0.3 is 0 Å². The highest BCUT2D eigenvalue weighted by Gasteiger charge is 2.23. The lowest BCUT2D eigenvalue weighted by Gasteiger charge is -2.26. The van der Waals surface area contributed by atoms with Gasteiger partial charge in [-0.05, 0) is 44.1 Å². The SMILES string of the molecule is O=c1cc(-c2cccnc2)oc2c(CN3CCCCC3)c3occc3c(O)c12. The van der Waals surface area contributed by atoms with Gasteiger partial charge in [-0.15, -0.1) is 0 Å². The van der Waals surface area contributed by atoms with Crippen LogP contribution in [0.3, 0.4) is 0 Å². The standard InChI is InChI=1S/C22H20N2O4/c25-17-11-18(14-5-4-7-23-12-14)28-22-16(13-24-8-2-1-3-9-24)21-15(6-10-27-21)20(26)19(17)22/h4-7,10-12,26H,1-3,8-9,13H2. The predicted molar refractivity (Wildman–Crippen MR) is 106 cm³/mol. The lowest BCUT2D eigenvalue weighted by atomic mass is 10.0. The fourth-order valence-electron chi connectivity index (χ4n) is 4.03. The van der Waals surface area contributed by atoms with Gasteiger partial charge in [0.05, 0.1) is 17.2 Å². The maximum Gasteiger partial charge on any atom is 0.197 e. The topological polar surface area (TPSA) is 79.7 Å². The number of aromatic nitrogens is 1. The highest BCUT2D eigenvalue weighted by molar-refractivity contribution is 6.04. The smallest absolute Gasteiger partial charge is 0.197 e. The number of aromatic hydroxyl groups is 1. The summed E-state index contributed by atoms with van der Waals surface area (Å²) in [5.74, 6) is 0.337. The Morgan fingerprint density at radius 3 is 2.79 bits per heavy atom. The average Bonchev–Trinajstić information content (AvgIpc) is 3.22. The van der Waals surface area contributed by atoms with Crippen LogP contribution in [0.1, 0.15) is 24.8 Å². The van der Waals surface area contributed by atoms with E-state index in [0.29, 0.717) is 34.4 Å². The van der Waals surface area contributed by atoms with E-state index in [-0.39, 0.29) is 16.6 Å². The van der Waals surface area contributed by atoms with E-state index in [1.54, 1.807) is 24.5 Å². The van der Waals surface area contributed by atoms with E-state index in [9.17, 15) is 9.90 Å². The third-order valence-corrected chi connectivity index (χ3v) is 5.43. The third-order valence-electron chi connectivity index (χ3n) is 5.43. The number of hydrogen-bond donors (Lipinski definition) is 1. The van der Waals surface area contributed by atoms with Crippen molar-refractivity contribution >= 4 is 21.9 Å². The molecule has 0 radical (unpaired) electrons. The van der Waals surface area contributed by atoms with Crippen LogP contribution in [0.2, 0.25) is 0 Å². The molecule has 4 aromatic rings. The molecule has 0 aliphatic carbocycles. The number of phenolic OH excluding ortho intramolecular Hbond substituents is 1. The van der Waals surface area contributed by atoms with Gasteiger partial charge in [-0.2, -0.15) is 0 Å². The van der Waals surface area contributed by atoms with Crippen molar-refractivity contribution < 1.29 is 13.9 Å². The first-order valence-corrected chi connectivity index (χ1v) is 9.54. The van der Waals surface area contributed by atoms with Gasteiger partial charge in [-0.3, -0.25) is 14.7 Å². The second-order valence-corrected chi connectivity index (χ2v) is 7.25. The van der Waals surface area contributed by atoms with Crippen molar-refractivity contribution in [2.75, 3.05) is 13.1 Å². The van der Waals surface area contributed by atoms with Crippen molar-refractivity contribution in [3.05, 3.63) is 58.7 Å². The van der Waals surface area contributed by atoms with Gasteiger partial charge in [0, 0.05) is 30.6 Å². The Labute approximate surface area is 161 Å². The third kappa shape index (κ3) is 2.77. The number of fused-ring (bicyclic) bond motifs is 2. The highest BCUT2D eigenvalue weighted by Crippen LogP contribution is 2.38. The minimum absolute atomic E-state index is 0.0902. The van der Waals surface area contributed by atoms with Crippen LogP contribution >= 0.6 is 0 Å². The molecule has 1 N–H and O–H groups in total. The molecule has 3 aromatic heterocycles. The second-order valence-electron chi connectivity index (χ2n) is 7.25. The van der Waals surface area contributed by atoms with E-state index in [0.717, 1.165) is 31.5 Å². The number of likely N-dealkylation sites (tertiary alicyclic amines) is 1. The quantitative estimate of drug-likeness (QED) is 0.574. The summed E-state index contributed by atoms with van der Waals surface area (Å²) < 4.78 is 11.9. The molecule has 0 atom stereocenters. The molecule has 142 valence electrons. The van der Waals surface area contributed by atoms with E-state index >= 15 is 0 Å². The normalized spacial score (nSPS) is 15.4. The monoisotopic (exact) mass is 376 g/mol. The largest absolute Gasteiger partial charge is 0.506 e. The molecule has 1 fully saturated rings. The number of phenols is 1. The summed E-state index contributed by atoms with van der Waals surface area (Å²) in [4.78, 5) is 19.4. The summed E-state index contributed by atoms with van der Waals surface area (Å²) in [5, 5.41) is 11.5.